The van der Waals surface area contributed by atoms with E-state index in [0.29, 0.717) is 12.0 Å². The zero-order chi connectivity index (χ0) is 18.9. The third-order valence-corrected chi connectivity index (χ3v) is 5.60. The fourth-order valence-electron chi connectivity index (χ4n) is 3.13. The first kappa shape index (κ1) is 18.3. The molecule has 1 atom stereocenters. The number of nitrogens with two attached hydrogens (primary N) is 1. The van der Waals surface area contributed by atoms with Crippen LogP contribution in [0, 0.1) is 19.7 Å². The standard InChI is InChI=1S/C19H20FN3O2S/c1-12-4-3-5-15(13(12)2)16(18-10-22-11-23-18)8-14-6-7-19(17(20)9-14)26(21,24)25/h3-7,9-11,16H,8H2,1-2H3,(H,22,23)(H2,21,24,25). The molecule has 0 spiro atoms. The number of aromatic nitrogens is 2. The van der Waals surface area contributed by atoms with Crippen LogP contribution in [0.15, 0.2) is 53.8 Å². The highest BCUT2D eigenvalue weighted by Gasteiger charge is 2.21. The molecule has 0 fully saturated rings. The van der Waals surface area contributed by atoms with Gasteiger partial charge in [0.05, 0.1) is 6.33 Å². The molecule has 0 bridgehead atoms. The number of hydrogen-bond acceptors (Lipinski definition) is 3. The van der Waals surface area contributed by atoms with Crippen molar-refractivity contribution < 1.29 is 12.8 Å². The van der Waals surface area contributed by atoms with Gasteiger partial charge < -0.3 is 4.98 Å². The number of hydrogen-bond donors (Lipinski definition) is 2. The molecule has 2 aromatic carbocycles. The SMILES string of the molecule is Cc1cccc(C(Cc2ccc(S(N)(=O)=O)c(F)c2)c2cnc[nH]2)c1C. The maximum atomic E-state index is 14.2. The molecule has 0 amide bonds. The third kappa shape index (κ3) is 3.68. The van der Waals surface area contributed by atoms with Crippen molar-refractivity contribution in [3.8, 4) is 0 Å². The van der Waals surface area contributed by atoms with E-state index in [1.807, 2.05) is 25.1 Å². The molecule has 0 saturated carbocycles. The van der Waals surface area contributed by atoms with Gasteiger partial charge in [-0.1, -0.05) is 24.3 Å². The summed E-state index contributed by atoms with van der Waals surface area (Å²) in [5, 5.41) is 5.03. The van der Waals surface area contributed by atoms with Crippen LogP contribution in [-0.2, 0) is 16.4 Å². The molecular formula is C19H20FN3O2S. The van der Waals surface area contributed by atoms with Gasteiger partial charge in [-0.25, -0.2) is 22.9 Å². The Morgan fingerprint density at radius 1 is 1.23 bits per heavy atom. The molecule has 1 heterocycles. The van der Waals surface area contributed by atoms with Crippen LogP contribution in [0.5, 0.6) is 0 Å². The molecule has 3 rings (SSSR count). The lowest BCUT2D eigenvalue weighted by molar-refractivity contribution is 0.566. The van der Waals surface area contributed by atoms with Crippen molar-refractivity contribution in [3.05, 3.63) is 82.7 Å². The highest BCUT2D eigenvalue weighted by molar-refractivity contribution is 7.89. The Morgan fingerprint density at radius 2 is 2.00 bits per heavy atom. The van der Waals surface area contributed by atoms with E-state index in [2.05, 4.69) is 16.9 Å². The van der Waals surface area contributed by atoms with E-state index < -0.39 is 20.7 Å². The van der Waals surface area contributed by atoms with Crippen molar-refractivity contribution in [1.82, 2.24) is 9.97 Å². The molecule has 3 aromatic rings. The summed E-state index contributed by atoms with van der Waals surface area (Å²) in [7, 11) is -4.08. The van der Waals surface area contributed by atoms with Gasteiger partial charge >= 0.3 is 0 Å². The molecule has 7 heteroatoms. The first-order valence-electron chi connectivity index (χ1n) is 8.13. The largest absolute Gasteiger partial charge is 0.348 e. The summed E-state index contributed by atoms with van der Waals surface area (Å²) >= 11 is 0. The van der Waals surface area contributed by atoms with Crippen LogP contribution < -0.4 is 5.14 Å². The van der Waals surface area contributed by atoms with Crippen molar-refractivity contribution in [2.24, 2.45) is 5.14 Å². The van der Waals surface area contributed by atoms with Crippen molar-refractivity contribution >= 4 is 10.0 Å². The maximum Gasteiger partial charge on any atom is 0.240 e. The fourth-order valence-corrected chi connectivity index (χ4v) is 3.72. The number of aromatic amines is 1. The Hall–Kier alpha value is -2.51. The van der Waals surface area contributed by atoms with E-state index >= 15 is 0 Å². The molecule has 1 aromatic heterocycles. The van der Waals surface area contributed by atoms with Gasteiger partial charge in [-0.2, -0.15) is 0 Å². The predicted octanol–water partition coefficient (Wildman–Crippen LogP) is 3.19. The summed E-state index contributed by atoms with van der Waals surface area (Å²) in [5.74, 6) is -0.897. The Kier molecular flexibility index (Phi) is 4.93. The van der Waals surface area contributed by atoms with E-state index in [0.717, 1.165) is 16.8 Å². The number of nitrogens with zero attached hydrogens (tertiary/aromatic N) is 1. The lowest BCUT2D eigenvalue weighted by Gasteiger charge is -2.20. The number of H-pyrrole nitrogens is 1. The number of sulfonamides is 1. The molecular weight excluding hydrogens is 353 g/mol. The quantitative estimate of drug-likeness (QED) is 0.720. The number of benzene rings is 2. The molecule has 0 aliphatic rings. The number of imidazole rings is 1. The van der Waals surface area contributed by atoms with Crippen LogP contribution in [0.2, 0.25) is 0 Å². The topological polar surface area (TPSA) is 88.8 Å². The first-order valence-corrected chi connectivity index (χ1v) is 9.67. The summed E-state index contributed by atoms with van der Waals surface area (Å²) in [6, 6.07) is 10.1. The zero-order valence-electron chi connectivity index (χ0n) is 14.5. The molecule has 3 N–H and O–H groups in total. The minimum atomic E-state index is -4.08. The summed E-state index contributed by atoms with van der Waals surface area (Å²) < 4.78 is 37.0. The van der Waals surface area contributed by atoms with Gasteiger partial charge in [-0.05, 0) is 54.7 Å². The lowest BCUT2D eigenvalue weighted by Crippen LogP contribution is -2.14. The van der Waals surface area contributed by atoms with E-state index in [-0.39, 0.29) is 5.92 Å². The van der Waals surface area contributed by atoms with Crippen LogP contribution in [0.4, 0.5) is 4.39 Å². The van der Waals surface area contributed by atoms with Crippen LogP contribution in [-0.4, -0.2) is 18.4 Å². The fraction of sp³-hybridized carbons (Fsp3) is 0.211. The third-order valence-electron chi connectivity index (χ3n) is 4.66. The maximum absolute atomic E-state index is 14.2. The zero-order valence-corrected chi connectivity index (χ0v) is 15.3. The van der Waals surface area contributed by atoms with E-state index in [1.165, 1.54) is 17.7 Å². The van der Waals surface area contributed by atoms with Crippen molar-refractivity contribution in [2.75, 3.05) is 0 Å². The Labute approximate surface area is 152 Å². The number of rotatable bonds is 5. The second-order valence-corrected chi connectivity index (χ2v) is 7.89. The Morgan fingerprint density at radius 3 is 2.62 bits per heavy atom. The van der Waals surface area contributed by atoms with Crippen LogP contribution in [0.25, 0.3) is 0 Å². The normalized spacial score (nSPS) is 12.9. The highest BCUT2D eigenvalue weighted by Crippen LogP contribution is 2.31. The van der Waals surface area contributed by atoms with Crippen molar-refractivity contribution in [1.29, 1.82) is 0 Å². The smallest absolute Gasteiger partial charge is 0.240 e. The Bertz CT molecular complexity index is 1030. The first-order chi connectivity index (χ1) is 12.3. The van der Waals surface area contributed by atoms with Crippen molar-refractivity contribution in [3.63, 3.8) is 0 Å². The van der Waals surface area contributed by atoms with Crippen LogP contribution in [0.3, 0.4) is 0 Å². The lowest BCUT2D eigenvalue weighted by atomic mass is 9.85. The summed E-state index contributed by atoms with van der Waals surface area (Å²) in [4.78, 5) is 6.74. The van der Waals surface area contributed by atoms with Crippen LogP contribution >= 0.6 is 0 Å². The second-order valence-electron chi connectivity index (χ2n) is 6.36. The highest BCUT2D eigenvalue weighted by atomic mass is 32.2. The minimum absolute atomic E-state index is 0.0582. The number of nitrogens with one attached hydrogen (secondary N) is 1. The van der Waals surface area contributed by atoms with Crippen LogP contribution in [0.1, 0.15) is 33.9 Å². The van der Waals surface area contributed by atoms with Crippen molar-refractivity contribution in [2.45, 2.75) is 31.1 Å². The summed E-state index contributed by atoms with van der Waals surface area (Å²) in [6.07, 6.45) is 3.86. The molecule has 5 nitrogen and oxygen atoms in total. The molecule has 1 unspecified atom stereocenters. The van der Waals surface area contributed by atoms with Gasteiger partial charge in [0.15, 0.2) is 0 Å². The average Bonchev–Trinajstić information content (AvgIpc) is 3.08. The van der Waals surface area contributed by atoms with Gasteiger partial charge in [-0.3, -0.25) is 0 Å². The molecule has 0 radical (unpaired) electrons. The van der Waals surface area contributed by atoms with E-state index in [9.17, 15) is 12.8 Å². The van der Waals surface area contributed by atoms with Gasteiger partial charge in [0.25, 0.3) is 0 Å². The van der Waals surface area contributed by atoms with Gasteiger partial charge in [0.1, 0.15) is 10.7 Å². The molecule has 26 heavy (non-hydrogen) atoms. The minimum Gasteiger partial charge on any atom is -0.348 e. The molecule has 0 aliphatic heterocycles. The summed E-state index contributed by atoms with van der Waals surface area (Å²) in [6.45, 7) is 4.10. The molecule has 0 aliphatic carbocycles. The summed E-state index contributed by atoms with van der Waals surface area (Å²) in [5.41, 5.74) is 5.03. The Balaban J connectivity index is 2.03. The average molecular weight is 373 g/mol. The van der Waals surface area contributed by atoms with Gasteiger partial charge in [0.2, 0.25) is 10.0 Å². The number of halogens is 1. The predicted molar refractivity (Wildman–Crippen MR) is 97.8 cm³/mol. The molecule has 0 saturated heterocycles. The van der Waals surface area contributed by atoms with E-state index in [1.54, 1.807) is 18.6 Å². The monoisotopic (exact) mass is 373 g/mol. The van der Waals surface area contributed by atoms with Gasteiger partial charge in [0, 0.05) is 17.8 Å². The van der Waals surface area contributed by atoms with E-state index in [4.69, 9.17) is 5.14 Å². The second kappa shape index (κ2) is 7.01. The van der Waals surface area contributed by atoms with Gasteiger partial charge in [-0.15, -0.1) is 0 Å². The number of primary sulfonamides is 1. The molecule has 136 valence electrons. The number of aryl methyl sites for hydroxylation is 1.